The van der Waals surface area contributed by atoms with E-state index in [1.54, 1.807) is 0 Å². The first-order valence-corrected chi connectivity index (χ1v) is 9.01. The van der Waals surface area contributed by atoms with Gasteiger partial charge in [-0.1, -0.05) is 78.4 Å². The van der Waals surface area contributed by atoms with Crippen molar-refractivity contribution in [1.82, 2.24) is 9.97 Å². The van der Waals surface area contributed by atoms with E-state index in [4.69, 9.17) is 4.98 Å². The van der Waals surface area contributed by atoms with Gasteiger partial charge in [0.2, 0.25) is 0 Å². The van der Waals surface area contributed by atoms with Crippen LogP contribution in [-0.4, -0.2) is 9.97 Å². The fourth-order valence-corrected chi connectivity index (χ4v) is 2.97. The second-order valence-corrected chi connectivity index (χ2v) is 6.45. The van der Waals surface area contributed by atoms with E-state index < -0.39 is 0 Å². The Labute approximate surface area is 164 Å². The third-order valence-corrected chi connectivity index (χ3v) is 4.41. The lowest BCUT2D eigenvalue weighted by Crippen LogP contribution is -2.04. The van der Waals surface area contributed by atoms with Gasteiger partial charge in [-0.3, -0.25) is 0 Å². The van der Waals surface area contributed by atoms with Crippen LogP contribution in [0, 0.1) is 18.3 Å². The molecule has 0 aliphatic heterocycles. The molecule has 134 valence electrons. The molecule has 0 aliphatic carbocycles. The van der Waals surface area contributed by atoms with Crippen molar-refractivity contribution < 1.29 is 0 Å². The van der Waals surface area contributed by atoms with Crippen molar-refractivity contribution in [3.63, 3.8) is 0 Å². The van der Waals surface area contributed by atoms with E-state index in [0.29, 0.717) is 11.5 Å². The second kappa shape index (κ2) is 7.73. The fraction of sp³-hybridized carbons (Fsp3) is 0.0417. The van der Waals surface area contributed by atoms with Gasteiger partial charge in [0.25, 0.3) is 0 Å². The van der Waals surface area contributed by atoms with Crippen molar-refractivity contribution in [1.29, 1.82) is 5.26 Å². The first-order chi connectivity index (χ1) is 13.7. The van der Waals surface area contributed by atoms with Crippen molar-refractivity contribution in [2.24, 2.45) is 0 Å². The number of nitrogens with zero attached hydrogens (tertiary/aromatic N) is 3. The topological polar surface area (TPSA) is 61.6 Å². The highest BCUT2D eigenvalue weighted by molar-refractivity contribution is 5.80. The number of benzene rings is 3. The predicted molar refractivity (Wildman–Crippen MR) is 112 cm³/mol. The number of anilines is 2. The summed E-state index contributed by atoms with van der Waals surface area (Å²) < 4.78 is 0. The molecule has 0 fully saturated rings. The normalized spacial score (nSPS) is 10.3. The maximum atomic E-state index is 9.68. The molecule has 1 heterocycles. The molecule has 4 aromatic rings. The summed E-state index contributed by atoms with van der Waals surface area (Å²) in [6.45, 7) is 2.03. The van der Waals surface area contributed by atoms with Crippen LogP contribution >= 0.6 is 0 Å². The highest BCUT2D eigenvalue weighted by atomic mass is 15.0. The largest absolute Gasteiger partial charge is 0.338 e. The molecule has 1 aromatic heterocycles. The molecule has 0 aliphatic rings. The van der Waals surface area contributed by atoms with Crippen LogP contribution in [0.5, 0.6) is 0 Å². The Morgan fingerprint density at radius 1 is 0.714 bits per heavy atom. The van der Waals surface area contributed by atoms with Crippen molar-refractivity contribution in [2.45, 2.75) is 6.92 Å². The molecule has 0 saturated heterocycles. The Bertz CT molecular complexity index is 1130. The van der Waals surface area contributed by atoms with Crippen molar-refractivity contribution in [3.05, 3.63) is 96.2 Å². The van der Waals surface area contributed by atoms with Gasteiger partial charge in [0.05, 0.1) is 11.4 Å². The molecule has 0 bridgehead atoms. The summed E-state index contributed by atoms with van der Waals surface area (Å²) in [6, 6.07) is 29.9. The van der Waals surface area contributed by atoms with E-state index in [0.717, 1.165) is 22.5 Å². The highest BCUT2D eigenvalue weighted by Gasteiger charge is 2.16. The summed E-state index contributed by atoms with van der Waals surface area (Å²) >= 11 is 0. The van der Waals surface area contributed by atoms with Crippen LogP contribution in [0.15, 0.2) is 84.9 Å². The van der Waals surface area contributed by atoms with Gasteiger partial charge in [0.1, 0.15) is 6.07 Å². The number of nitrogens with one attached hydrogen (secondary N) is 1. The Kier molecular flexibility index (Phi) is 4.81. The lowest BCUT2D eigenvalue weighted by Gasteiger charge is -2.13. The maximum Gasteiger partial charge on any atom is 0.183 e. The Hall–Kier alpha value is -3.97. The zero-order valence-electron chi connectivity index (χ0n) is 15.4. The van der Waals surface area contributed by atoms with Gasteiger partial charge in [0, 0.05) is 16.8 Å². The molecular weight excluding hydrogens is 344 g/mol. The quantitative estimate of drug-likeness (QED) is 0.503. The lowest BCUT2D eigenvalue weighted by atomic mass is 10.0. The first-order valence-electron chi connectivity index (χ1n) is 9.01. The standard InChI is InChI=1S/C24H18N4/c1-17-12-14-20(15-13-17)26-24-21(16-25)27-22(18-8-4-2-5-9-18)23(28-24)19-10-6-3-7-11-19/h2-15H,1H3,(H,26,28). The molecule has 4 rings (SSSR count). The number of rotatable bonds is 4. The molecule has 0 saturated carbocycles. The van der Waals surface area contributed by atoms with Gasteiger partial charge in [-0.05, 0) is 19.1 Å². The van der Waals surface area contributed by atoms with Crippen molar-refractivity contribution in [3.8, 4) is 28.6 Å². The molecule has 3 aromatic carbocycles. The number of hydrogen-bond acceptors (Lipinski definition) is 4. The zero-order valence-corrected chi connectivity index (χ0v) is 15.4. The van der Waals surface area contributed by atoms with Gasteiger partial charge < -0.3 is 5.32 Å². The zero-order chi connectivity index (χ0) is 19.3. The van der Waals surface area contributed by atoms with E-state index in [9.17, 15) is 5.26 Å². The Morgan fingerprint density at radius 3 is 1.79 bits per heavy atom. The number of aromatic nitrogens is 2. The molecule has 4 heteroatoms. The molecule has 0 amide bonds. The Balaban J connectivity index is 1.88. The van der Waals surface area contributed by atoms with Crippen LogP contribution in [-0.2, 0) is 0 Å². The monoisotopic (exact) mass is 362 g/mol. The summed E-state index contributed by atoms with van der Waals surface area (Å²) in [5.74, 6) is 0.449. The van der Waals surface area contributed by atoms with Gasteiger partial charge in [-0.2, -0.15) is 5.26 Å². The highest BCUT2D eigenvalue weighted by Crippen LogP contribution is 2.32. The molecule has 1 N–H and O–H groups in total. The van der Waals surface area contributed by atoms with E-state index in [2.05, 4.69) is 16.4 Å². The summed E-state index contributed by atoms with van der Waals surface area (Å²) in [5.41, 5.74) is 5.60. The van der Waals surface area contributed by atoms with Gasteiger partial charge in [-0.15, -0.1) is 0 Å². The average molecular weight is 362 g/mol. The van der Waals surface area contributed by atoms with Crippen LogP contribution in [0.3, 0.4) is 0 Å². The van der Waals surface area contributed by atoms with E-state index in [1.165, 1.54) is 5.56 Å². The summed E-state index contributed by atoms with van der Waals surface area (Å²) in [6.07, 6.45) is 0. The summed E-state index contributed by atoms with van der Waals surface area (Å²) in [4.78, 5) is 9.48. The molecule has 0 spiro atoms. The van der Waals surface area contributed by atoms with Crippen LogP contribution in [0.4, 0.5) is 11.5 Å². The molecular formula is C24H18N4. The van der Waals surface area contributed by atoms with Crippen molar-refractivity contribution in [2.75, 3.05) is 5.32 Å². The van der Waals surface area contributed by atoms with Crippen LogP contribution < -0.4 is 5.32 Å². The molecule has 4 nitrogen and oxygen atoms in total. The number of hydrogen-bond donors (Lipinski definition) is 1. The minimum Gasteiger partial charge on any atom is -0.338 e. The third-order valence-electron chi connectivity index (χ3n) is 4.41. The first kappa shape index (κ1) is 17.4. The van der Waals surface area contributed by atoms with E-state index >= 15 is 0 Å². The summed E-state index contributed by atoms with van der Waals surface area (Å²) in [7, 11) is 0. The fourth-order valence-electron chi connectivity index (χ4n) is 2.97. The molecule has 28 heavy (non-hydrogen) atoms. The number of nitriles is 1. The van der Waals surface area contributed by atoms with Crippen LogP contribution in [0.25, 0.3) is 22.5 Å². The maximum absolute atomic E-state index is 9.68. The predicted octanol–water partition coefficient (Wildman–Crippen LogP) is 5.73. The smallest absolute Gasteiger partial charge is 0.183 e. The van der Waals surface area contributed by atoms with Crippen LogP contribution in [0.1, 0.15) is 11.3 Å². The lowest BCUT2D eigenvalue weighted by molar-refractivity contribution is 1.17. The van der Waals surface area contributed by atoms with E-state index in [1.807, 2.05) is 91.9 Å². The van der Waals surface area contributed by atoms with E-state index in [-0.39, 0.29) is 5.69 Å². The average Bonchev–Trinajstić information content (AvgIpc) is 2.76. The molecule has 0 unspecified atom stereocenters. The summed E-state index contributed by atoms with van der Waals surface area (Å²) in [5, 5.41) is 12.9. The third kappa shape index (κ3) is 3.60. The van der Waals surface area contributed by atoms with Gasteiger partial charge in [-0.25, -0.2) is 9.97 Å². The molecule has 0 atom stereocenters. The minimum absolute atomic E-state index is 0.263. The Morgan fingerprint density at radius 2 is 1.25 bits per heavy atom. The van der Waals surface area contributed by atoms with Gasteiger partial charge >= 0.3 is 0 Å². The van der Waals surface area contributed by atoms with Gasteiger partial charge in [0.15, 0.2) is 11.5 Å². The number of aryl methyl sites for hydroxylation is 1. The van der Waals surface area contributed by atoms with Crippen LogP contribution in [0.2, 0.25) is 0 Å². The minimum atomic E-state index is 0.263. The SMILES string of the molecule is Cc1ccc(Nc2nc(-c3ccccc3)c(-c3ccccc3)nc2C#N)cc1. The second-order valence-electron chi connectivity index (χ2n) is 6.45. The molecule has 0 radical (unpaired) electrons. The van der Waals surface area contributed by atoms with Crippen molar-refractivity contribution >= 4 is 11.5 Å².